The SMILES string of the molecule is CCOC(=O)c1c(CN)n(C)c2ncccc12. The van der Waals surface area contributed by atoms with Crippen molar-refractivity contribution in [3.8, 4) is 0 Å². The smallest absolute Gasteiger partial charge is 0.340 e. The van der Waals surface area contributed by atoms with Crippen LogP contribution in [0.4, 0.5) is 0 Å². The van der Waals surface area contributed by atoms with E-state index in [4.69, 9.17) is 10.5 Å². The minimum atomic E-state index is -0.341. The normalized spacial score (nSPS) is 10.8. The summed E-state index contributed by atoms with van der Waals surface area (Å²) in [7, 11) is 1.85. The van der Waals surface area contributed by atoms with E-state index in [1.807, 2.05) is 17.7 Å². The minimum absolute atomic E-state index is 0.279. The molecule has 0 saturated carbocycles. The van der Waals surface area contributed by atoms with E-state index in [2.05, 4.69) is 4.98 Å². The number of nitrogens with zero attached hydrogens (tertiary/aromatic N) is 2. The molecule has 2 rings (SSSR count). The summed E-state index contributed by atoms with van der Waals surface area (Å²) >= 11 is 0. The molecule has 2 N–H and O–H groups in total. The maximum Gasteiger partial charge on any atom is 0.340 e. The lowest BCUT2D eigenvalue weighted by Gasteiger charge is -2.04. The molecule has 0 atom stereocenters. The van der Waals surface area contributed by atoms with Crippen LogP contribution in [0.25, 0.3) is 11.0 Å². The van der Waals surface area contributed by atoms with Gasteiger partial charge in [-0.15, -0.1) is 0 Å². The van der Waals surface area contributed by atoms with Crippen molar-refractivity contribution in [2.45, 2.75) is 13.5 Å². The van der Waals surface area contributed by atoms with E-state index < -0.39 is 0 Å². The zero-order valence-electron chi connectivity index (χ0n) is 9.93. The van der Waals surface area contributed by atoms with Crippen molar-refractivity contribution in [1.82, 2.24) is 9.55 Å². The van der Waals surface area contributed by atoms with Crippen LogP contribution in [0.5, 0.6) is 0 Å². The third kappa shape index (κ3) is 1.78. The third-order valence-corrected chi connectivity index (χ3v) is 2.74. The Balaban J connectivity index is 2.71. The number of esters is 1. The number of nitrogens with two attached hydrogens (primary N) is 1. The number of rotatable bonds is 3. The van der Waals surface area contributed by atoms with Crippen LogP contribution in [0.3, 0.4) is 0 Å². The molecule has 0 radical (unpaired) electrons. The van der Waals surface area contributed by atoms with E-state index in [0.717, 1.165) is 16.7 Å². The lowest BCUT2D eigenvalue weighted by Crippen LogP contribution is -2.12. The summed E-state index contributed by atoms with van der Waals surface area (Å²) < 4.78 is 6.89. The highest BCUT2D eigenvalue weighted by molar-refractivity contribution is 6.04. The number of pyridine rings is 1. The molecule has 90 valence electrons. The Kier molecular flexibility index (Phi) is 3.10. The molecule has 2 aromatic heterocycles. The van der Waals surface area contributed by atoms with E-state index in [-0.39, 0.29) is 12.5 Å². The lowest BCUT2D eigenvalue weighted by molar-refractivity contribution is 0.0527. The average Bonchev–Trinajstić information content (AvgIpc) is 2.63. The fraction of sp³-hybridized carbons (Fsp3) is 0.333. The second kappa shape index (κ2) is 4.55. The summed E-state index contributed by atoms with van der Waals surface area (Å²) in [6, 6.07) is 3.65. The highest BCUT2D eigenvalue weighted by atomic mass is 16.5. The minimum Gasteiger partial charge on any atom is -0.462 e. The summed E-state index contributed by atoms with van der Waals surface area (Å²) in [5.74, 6) is -0.341. The van der Waals surface area contributed by atoms with Gasteiger partial charge in [0.05, 0.1) is 12.2 Å². The van der Waals surface area contributed by atoms with Gasteiger partial charge in [-0.25, -0.2) is 9.78 Å². The quantitative estimate of drug-likeness (QED) is 0.809. The number of carbonyl (C=O) groups is 1. The molecular formula is C12H15N3O2. The Morgan fingerprint density at radius 3 is 3.00 bits per heavy atom. The number of aryl methyl sites for hydroxylation is 1. The average molecular weight is 233 g/mol. The van der Waals surface area contributed by atoms with E-state index in [9.17, 15) is 4.79 Å². The molecule has 5 nitrogen and oxygen atoms in total. The summed E-state index contributed by atoms with van der Waals surface area (Å²) in [4.78, 5) is 16.2. The van der Waals surface area contributed by atoms with E-state index in [1.54, 1.807) is 19.2 Å². The molecule has 2 heterocycles. The van der Waals surface area contributed by atoms with Crippen LogP contribution >= 0.6 is 0 Å². The van der Waals surface area contributed by atoms with Gasteiger partial charge in [-0.05, 0) is 19.1 Å². The van der Waals surface area contributed by atoms with Gasteiger partial charge in [0.2, 0.25) is 0 Å². The Labute approximate surface area is 99.2 Å². The number of hydrogen-bond donors (Lipinski definition) is 1. The molecule has 2 aromatic rings. The second-order valence-corrected chi connectivity index (χ2v) is 3.68. The molecule has 0 aliphatic rings. The maximum absolute atomic E-state index is 11.9. The van der Waals surface area contributed by atoms with Gasteiger partial charge in [-0.3, -0.25) is 0 Å². The summed E-state index contributed by atoms with van der Waals surface area (Å²) in [6.07, 6.45) is 1.69. The predicted molar refractivity (Wildman–Crippen MR) is 64.6 cm³/mol. The van der Waals surface area contributed by atoms with Crippen LogP contribution in [0.1, 0.15) is 23.0 Å². The van der Waals surface area contributed by atoms with Gasteiger partial charge < -0.3 is 15.0 Å². The molecule has 0 aromatic carbocycles. The number of aromatic nitrogens is 2. The largest absolute Gasteiger partial charge is 0.462 e. The number of fused-ring (bicyclic) bond motifs is 1. The predicted octanol–water partition coefficient (Wildman–Crippen LogP) is 1.21. The Bertz CT molecular complexity index is 560. The molecule has 0 fully saturated rings. The molecule has 0 bridgehead atoms. The Morgan fingerprint density at radius 1 is 1.59 bits per heavy atom. The zero-order valence-corrected chi connectivity index (χ0v) is 9.93. The number of ether oxygens (including phenoxy) is 1. The van der Waals surface area contributed by atoms with Crippen LogP contribution in [0.2, 0.25) is 0 Å². The lowest BCUT2D eigenvalue weighted by atomic mass is 10.1. The van der Waals surface area contributed by atoms with Crippen molar-refractivity contribution in [3.63, 3.8) is 0 Å². The molecule has 0 amide bonds. The topological polar surface area (TPSA) is 70.1 Å². The van der Waals surface area contributed by atoms with Gasteiger partial charge in [-0.1, -0.05) is 0 Å². The van der Waals surface area contributed by atoms with Crippen molar-refractivity contribution in [3.05, 3.63) is 29.6 Å². The van der Waals surface area contributed by atoms with Crippen molar-refractivity contribution in [1.29, 1.82) is 0 Å². The van der Waals surface area contributed by atoms with Crippen molar-refractivity contribution >= 4 is 17.0 Å². The standard InChI is InChI=1S/C12H15N3O2/c1-3-17-12(16)10-8-5-4-6-14-11(8)15(2)9(10)7-13/h4-6H,3,7,13H2,1-2H3. The van der Waals surface area contributed by atoms with E-state index >= 15 is 0 Å². The molecule has 0 aliphatic heterocycles. The van der Waals surface area contributed by atoms with Gasteiger partial charge in [0.1, 0.15) is 5.65 Å². The van der Waals surface area contributed by atoms with E-state index in [0.29, 0.717) is 12.2 Å². The monoisotopic (exact) mass is 233 g/mol. The van der Waals surface area contributed by atoms with Gasteiger partial charge in [0, 0.05) is 30.9 Å². The second-order valence-electron chi connectivity index (χ2n) is 3.68. The molecule has 0 spiro atoms. The molecule has 0 aliphatic carbocycles. The van der Waals surface area contributed by atoms with Crippen LogP contribution in [0.15, 0.2) is 18.3 Å². The van der Waals surface area contributed by atoms with Crippen LogP contribution in [0, 0.1) is 0 Å². The molecule has 5 heteroatoms. The van der Waals surface area contributed by atoms with Gasteiger partial charge in [0.15, 0.2) is 0 Å². The highest BCUT2D eigenvalue weighted by Crippen LogP contribution is 2.24. The Morgan fingerprint density at radius 2 is 2.35 bits per heavy atom. The summed E-state index contributed by atoms with van der Waals surface area (Å²) in [5.41, 5.74) is 7.71. The zero-order chi connectivity index (χ0) is 12.4. The van der Waals surface area contributed by atoms with Gasteiger partial charge in [0.25, 0.3) is 0 Å². The third-order valence-electron chi connectivity index (χ3n) is 2.74. The summed E-state index contributed by atoms with van der Waals surface area (Å²) in [6.45, 7) is 2.41. The van der Waals surface area contributed by atoms with Crippen molar-refractivity contribution in [2.75, 3.05) is 6.61 Å². The van der Waals surface area contributed by atoms with E-state index in [1.165, 1.54) is 0 Å². The van der Waals surface area contributed by atoms with Gasteiger partial charge >= 0.3 is 5.97 Å². The highest BCUT2D eigenvalue weighted by Gasteiger charge is 2.21. The summed E-state index contributed by atoms with van der Waals surface area (Å²) in [5, 5.41) is 0.786. The van der Waals surface area contributed by atoms with Gasteiger partial charge in [-0.2, -0.15) is 0 Å². The van der Waals surface area contributed by atoms with Crippen molar-refractivity contribution in [2.24, 2.45) is 12.8 Å². The Hall–Kier alpha value is -1.88. The number of carbonyl (C=O) groups excluding carboxylic acids is 1. The fourth-order valence-corrected chi connectivity index (χ4v) is 1.98. The molecule has 17 heavy (non-hydrogen) atoms. The first-order valence-electron chi connectivity index (χ1n) is 5.50. The van der Waals surface area contributed by atoms with Crippen molar-refractivity contribution < 1.29 is 9.53 Å². The first-order chi connectivity index (χ1) is 8.20. The van der Waals surface area contributed by atoms with Crippen LogP contribution in [-0.2, 0) is 18.3 Å². The maximum atomic E-state index is 11.9. The molecule has 0 saturated heterocycles. The first-order valence-corrected chi connectivity index (χ1v) is 5.50. The van der Waals surface area contributed by atoms with Crippen LogP contribution in [-0.4, -0.2) is 22.1 Å². The molecule has 0 unspecified atom stereocenters. The molecular weight excluding hydrogens is 218 g/mol. The van der Waals surface area contributed by atoms with Crippen LogP contribution < -0.4 is 5.73 Å². The number of hydrogen-bond acceptors (Lipinski definition) is 4. The fourth-order valence-electron chi connectivity index (χ4n) is 1.98. The first kappa shape index (κ1) is 11.6.